The highest BCUT2D eigenvalue weighted by atomic mass is 16.6. The van der Waals surface area contributed by atoms with E-state index < -0.39 is 21.2 Å². The zero-order chi connectivity index (χ0) is 22.2. The topological polar surface area (TPSA) is 86.3 Å². The highest BCUT2D eigenvalue weighted by Gasteiger charge is 2.34. The lowest BCUT2D eigenvalue weighted by Crippen LogP contribution is -2.03. The molecule has 1 aliphatic carbocycles. The summed E-state index contributed by atoms with van der Waals surface area (Å²) in [6.07, 6.45) is 5.71. The fraction of sp³-hybridized carbons (Fsp3) is 0.0769. The molecule has 0 amide bonds. The molecule has 0 aliphatic heterocycles. The standard InChI is InChI=1S/C26H18N2O4/c29-27(30)25-23(21-13-5-9-17-7-1-3-11-19(17)21)15-16-24(26(25)28(31)32)22-14-6-10-18-8-2-4-12-20(18)22/h1,3-7,9-16H,2,8H2. The van der Waals surface area contributed by atoms with Gasteiger partial charge in [0.25, 0.3) is 0 Å². The lowest BCUT2D eigenvalue weighted by atomic mass is 9.87. The SMILES string of the molecule is O=[N+]([O-])c1c(-c2cccc3c2C=CCC3)ccc(-c2cccc3ccccc23)c1[N+](=O)[O-]. The van der Waals surface area contributed by atoms with Crippen LogP contribution in [0.15, 0.2) is 78.9 Å². The van der Waals surface area contributed by atoms with Crippen LogP contribution >= 0.6 is 0 Å². The number of aryl methyl sites for hydroxylation is 1. The molecule has 4 aromatic rings. The zero-order valence-electron chi connectivity index (χ0n) is 17.0. The van der Waals surface area contributed by atoms with E-state index in [1.807, 2.05) is 54.6 Å². The maximum atomic E-state index is 12.2. The van der Waals surface area contributed by atoms with Gasteiger partial charge in [-0.1, -0.05) is 72.8 Å². The Hall–Kier alpha value is -4.32. The number of fused-ring (bicyclic) bond motifs is 2. The van der Waals surface area contributed by atoms with Gasteiger partial charge in [-0.15, -0.1) is 0 Å². The minimum absolute atomic E-state index is 0.239. The van der Waals surface area contributed by atoms with Crippen LogP contribution in [0.4, 0.5) is 11.4 Å². The molecule has 32 heavy (non-hydrogen) atoms. The Labute approximate surface area is 183 Å². The van der Waals surface area contributed by atoms with Crippen LogP contribution in [0.2, 0.25) is 0 Å². The number of rotatable bonds is 4. The molecule has 6 heteroatoms. The number of hydrogen-bond acceptors (Lipinski definition) is 4. The van der Waals surface area contributed by atoms with E-state index in [0.29, 0.717) is 11.1 Å². The van der Waals surface area contributed by atoms with E-state index in [-0.39, 0.29) is 11.1 Å². The van der Waals surface area contributed by atoms with Gasteiger partial charge in [0.2, 0.25) is 0 Å². The highest BCUT2D eigenvalue weighted by molar-refractivity contribution is 6.01. The molecule has 0 aromatic heterocycles. The van der Waals surface area contributed by atoms with Crippen molar-refractivity contribution in [3.63, 3.8) is 0 Å². The summed E-state index contributed by atoms with van der Waals surface area (Å²) < 4.78 is 0. The molecule has 0 unspecified atom stereocenters. The van der Waals surface area contributed by atoms with Crippen LogP contribution in [0, 0.1) is 20.2 Å². The third-order valence-electron chi connectivity index (χ3n) is 5.95. The van der Waals surface area contributed by atoms with Crippen LogP contribution in [-0.2, 0) is 6.42 Å². The maximum Gasteiger partial charge on any atom is 0.354 e. The fourth-order valence-electron chi connectivity index (χ4n) is 4.55. The molecular formula is C26H18N2O4. The summed E-state index contributed by atoms with van der Waals surface area (Å²) in [5.74, 6) is 0. The number of nitro benzene ring substituents is 2. The number of allylic oxidation sites excluding steroid dienone is 1. The molecule has 0 N–H and O–H groups in total. The van der Waals surface area contributed by atoms with Gasteiger partial charge < -0.3 is 0 Å². The average molecular weight is 422 g/mol. The van der Waals surface area contributed by atoms with Crippen molar-refractivity contribution in [3.05, 3.63) is 110 Å². The van der Waals surface area contributed by atoms with E-state index in [1.54, 1.807) is 30.3 Å². The first-order valence-electron chi connectivity index (χ1n) is 10.3. The molecule has 0 saturated heterocycles. The second-order valence-corrected chi connectivity index (χ2v) is 7.72. The van der Waals surface area contributed by atoms with Gasteiger partial charge in [-0.3, -0.25) is 20.2 Å². The Morgan fingerprint density at radius 3 is 2.03 bits per heavy atom. The maximum absolute atomic E-state index is 12.2. The van der Waals surface area contributed by atoms with Crippen LogP contribution in [0.1, 0.15) is 17.5 Å². The van der Waals surface area contributed by atoms with Gasteiger partial charge in [0.1, 0.15) is 0 Å². The highest BCUT2D eigenvalue weighted by Crippen LogP contribution is 2.46. The van der Waals surface area contributed by atoms with Crippen molar-refractivity contribution in [1.82, 2.24) is 0 Å². The van der Waals surface area contributed by atoms with E-state index in [9.17, 15) is 20.2 Å². The van der Waals surface area contributed by atoms with Crippen molar-refractivity contribution in [2.45, 2.75) is 12.8 Å². The molecule has 0 spiro atoms. The second-order valence-electron chi connectivity index (χ2n) is 7.72. The van der Waals surface area contributed by atoms with Crippen LogP contribution in [0.3, 0.4) is 0 Å². The molecule has 0 fully saturated rings. The van der Waals surface area contributed by atoms with Crippen molar-refractivity contribution in [2.75, 3.05) is 0 Å². The minimum Gasteiger partial charge on any atom is -0.258 e. The molecule has 0 bridgehead atoms. The normalized spacial score (nSPS) is 12.5. The van der Waals surface area contributed by atoms with E-state index in [1.165, 1.54) is 0 Å². The van der Waals surface area contributed by atoms with E-state index in [2.05, 4.69) is 0 Å². The molecule has 0 radical (unpaired) electrons. The number of nitrogens with zero attached hydrogens (tertiary/aromatic N) is 2. The summed E-state index contributed by atoms with van der Waals surface area (Å²) in [5, 5.41) is 26.2. The van der Waals surface area contributed by atoms with Gasteiger partial charge in [0, 0.05) is 0 Å². The fourth-order valence-corrected chi connectivity index (χ4v) is 4.55. The molecule has 1 aliphatic rings. The number of hydrogen-bond donors (Lipinski definition) is 0. The molecule has 0 saturated carbocycles. The van der Waals surface area contributed by atoms with Crippen LogP contribution in [0.25, 0.3) is 39.1 Å². The number of benzene rings is 4. The third kappa shape index (κ3) is 3.13. The number of nitro groups is 2. The van der Waals surface area contributed by atoms with Gasteiger partial charge in [0.05, 0.1) is 21.0 Å². The third-order valence-corrected chi connectivity index (χ3v) is 5.95. The van der Waals surface area contributed by atoms with E-state index in [4.69, 9.17) is 0 Å². The molecule has 6 nitrogen and oxygen atoms in total. The first-order chi connectivity index (χ1) is 15.6. The molecule has 4 aromatic carbocycles. The molecule has 5 rings (SSSR count). The summed E-state index contributed by atoms with van der Waals surface area (Å²) in [4.78, 5) is 23.2. The van der Waals surface area contributed by atoms with Gasteiger partial charge in [-0.2, -0.15) is 0 Å². The molecule has 0 atom stereocenters. The van der Waals surface area contributed by atoms with Gasteiger partial charge in [-0.05, 0) is 58.0 Å². The van der Waals surface area contributed by atoms with Crippen LogP contribution in [-0.4, -0.2) is 9.85 Å². The summed E-state index contributed by atoms with van der Waals surface area (Å²) in [6, 6.07) is 21.9. The average Bonchev–Trinajstić information content (AvgIpc) is 2.82. The quantitative estimate of drug-likeness (QED) is 0.263. The smallest absolute Gasteiger partial charge is 0.258 e. The Kier molecular flexibility index (Phi) is 4.75. The van der Waals surface area contributed by atoms with Gasteiger partial charge in [0.15, 0.2) is 0 Å². The van der Waals surface area contributed by atoms with Crippen molar-refractivity contribution >= 4 is 28.2 Å². The Bertz CT molecular complexity index is 1430. The molecule has 0 heterocycles. The monoisotopic (exact) mass is 422 g/mol. The van der Waals surface area contributed by atoms with Crippen LogP contribution < -0.4 is 0 Å². The lowest BCUT2D eigenvalue weighted by Gasteiger charge is -2.16. The lowest BCUT2D eigenvalue weighted by molar-refractivity contribution is -0.421. The predicted octanol–water partition coefficient (Wildman–Crippen LogP) is 6.95. The zero-order valence-corrected chi connectivity index (χ0v) is 17.0. The minimum atomic E-state index is -0.635. The van der Waals surface area contributed by atoms with E-state index in [0.717, 1.165) is 34.7 Å². The largest absolute Gasteiger partial charge is 0.354 e. The summed E-state index contributed by atoms with van der Waals surface area (Å²) >= 11 is 0. The van der Waals surface area contributed by atoms with Crippen molar-refractivity contribution in [2.24, 2.45) is 0 Å². The molecular weight excluding hydrogens is 404 g/mol. The van der Waals surface area contributed by atoms with Crippen molar-refractivity contribution in [1.29, 1.82) is 0 Å². The van der Waals surface area contributed by atoms with Gasteiger partial charge >= 0.3 is 11.4 Å². The summed E-state index contributed by atoms with van der Waals surface area (Å²) in [5.41, 5.74) is 2.73. The van der Waals surface area contributed by atoms with Gasteiger partial charge in [-0.25, -0.2) is 0 Å². The predicted molar refractivity (Wildman–Crippen MR) is 125 cm³/mol. The van der Waals surface area contributed by atoms with Crippen molar-refractivity contribution in [3.8, 4) is 22.3 Å². The summed E-state index contributed by atoms with van der Waals surface area (Å²) in [7, 11) is 0. The Balaban J connectivity index is 1.84. The molecule has 156 valence electrons. The van der Waals surface area contributed by atoms with Crippen molar-refractivity contribution < 1.29 is 9.85 Å². The van der Waals surface area contributed by atoms with Crippen LogP contribution in [0.5, 0.6) is 0 Å². The first kappa shape index (κ1) is 19.6. The second kappa shape index (κ2) is 7.74. The summed E-state index contributed by atoms with van der Waals surface area (Å²) in [6.45, 7) is 0. The Morgan fingerprint density at radius 1 is 0.656 bits per heavy atom. The van der Waals surface area contributed by atoms with E-state index >= 15 is 0 Å². The first-order valence-corrected chi connectivity index (χ1v) is 10.3. The Morgan fingerprint density at radius 2 is 1.28 bits per heavy atom.